The number of methoxy groups -OCH3 is 2. The number of hydrogen-bond donors (Lipinski definition) is 2. The largest absolute Gasteiger partial charge is 0.493 e. The smallest absolute Gasteiger partial charge is 0.193 e. The highest BCUT2D eigenvalue weighted by Gasteiger charge is 2.09. The van der Waals surface area contributed by atoms with Gasteiger partial charge in [-0.1, -0.05) is 18.2 Å². The Hall–Kier alpha value is -3.22. The summed E-state index contributed by atoms with van der Waals surface area (Å²) in [4.78, 5) is 14.9. The molecular formula is C23H31N5O2. The van der Waals surface area contributed by atoms with Gasteiger partial charge in [0.1, 0.15) is 5.82 Å². The first-order chi connectivity index (χ1) is 14.6. The van der Waals surface area contributed by atoms with Crippen LogP contribution in [0.15, 0.2) is 47.5 Å². The van der Waals surface area contributed by atoms with Crippen molar-refractivity contribution in [3.63, 3.8) is 0 Å². The van der Waals surface area contributed by atoms with Gasteiger partial charge in [-0.05, 0) is 43.2 Å². The molecule has 2 N–H and O–H groups in total. The summed E-state index contributed by atoms with van der Waals surface area (Å²) in [5.41, 5.74) is 3.25. The Kier molecular flexibility index (Phi) is 7.54. The number of fused-ring (bicyclic) bond motifs is 1. The molecule has 0 aliphatic carbocycles. The molecule has 0 aliphatic heterocycles. The summed E-state index contributed by atoms with van der Waals surface area (Å²) in [5.74, 6) is 3.36. The van der Waals surface area contributed by atoms with Crippen molar-refractivity contribution < 1.29 is 9.47 Å². The van der Waals surface area contributed by atoms with E-state index in [4.69, 9.17) is 14.5 Å². The minimum Gasteiger partial charge on any atom is -0.493 e. The number of aliphatic imine (C=N–C) groups is 1. The lowest BCUT2D eigenvalue weighted by atomic mass is 10.1. The van der Waals surface area contributed by atoms with Gasteiger partial charge in [-0.15, -0.1) is 0 Å². The van der Waals surface area contributed by atoms with Gasteiger partial charge in [-0.3, -0.25) is 4.99 Å². The summed E-state index contributed by atoms with van der Waals surface area (Å²) >= 11 is 0. The number of guanidine groups is 1. The van der Waals surface area contributed by atoms with Crippen LogP contribution in [0.2, 0.25) is 0 Å². The number of aromatic nitrogens is 2. The number of ether oxygens (including phenoxy) is 2. The average Bonchev–Trinajstić information content (AvgIpc) is 3.19. The Bertz CT molecular complexity index is 950. The number of likely N-dealkylation sites (N-methyl/N-ethyl adjacent to an activating group) is 1. The van der Waals surface area contributed by atoms with E-state index in [0.29, 0.717) is 6.54 Å². The van der Waals surface area contributed by atoms with Crippen LogP contribution >= 0.6 is 0 Å². The predicted octanol–water partition coefficient (Wildman–Crippen LogP) is 3.26. The number of hydrogen-bond acceptors (Lipinski definition) is 4. The Morgan fingerprint density at radius 2 is 1.90 bits per heavy atom. The topological polar surface area (TPSA) is 74.8 Å². The molecule has 0 aliphatic rings. The zero-order valence-corrected chi connectivity index (χ0v) is 18.2. The first-order valence-electron chi connectivity index (χ1n) is 10.3. The maximum Gasteiger partial charge on any atom is 0.193 e. The van der Waals surface area contributed by atoms with Crippen molar-refractivity contribution in [3.8, 4) is 11.5 Å². The normalized spacial score (nSPS) is 11.5. The van der Waals surface area contributed by atoms with E-state index < -0.39 is 0 Å². The van der Waals surface area contributed by atoms with Gasteiger partial charge in [0.2, 0.25) is 0 Å². The second-order valence-corrected chi connectivity index (χ2v) is 7.05. The molecule has 0 saturated carbocycles. The van der Waals surface area contributed by atoms with E-state index in [1.807, 2.05) is 36.4 Å². The maximum atomic E-state index is 5.40. The van der Waals surface area contributed by atoms with Crippen molar-refractivity contribution in [1.29, 1.82) is 0 Å². The van der Waals surface area contributed by atoms with Crippen LogP contribution in [0.4, 0.5) is 0 Å². The number of aromatic amines is 1. The van der Waals surface area contributed by atoms with Crippen LogP contribution in [-0.2, 0) is 12.8 Å². The molecule has 0 amide bonds. The zero-order chi connectivity index (χ0) is 21.3. The number of H-pyrrole nitrogens is 1. The summed E-state index contributed by atoms with van der Waals surface area (Å²) < 4.78 is 10.7. The van der Waals surface area contributed by atoms with Crippen molar-refractivity contribution in [2.24, 2.45) is 4.99 Å². The summed E-state index contributed by atoms with van der Waals surface area (Å²) in [7, 11) is 5.37. The van der Waals surface area contributed by atoms with Crippen LogP contribution in [0.1, 0.15) is 18.3 Å². The Balaban J connectivity index is 1.58. The van der Waals surface area contributed by atoms with Gasteiger partial charge in [0.15, 0.2) is 17.5 Å². The molecule has 0 fully saturated rings. The van der Waals surface area contributed by atoms with Crippen LogP contribution in [0.5, 0.6) is 11.5 Å². The molecule has 0 unspecified atom stereocenters. The highest BCUT2D eigenvalue weighted by molar-refractivity contribution is 5.79. The first-order valence-corrected chi connectivity index (χ1v) is 10.3. The molecule has 3 rings (SSSR count). The lowest BCUT2D eigenvalue weighted by Gasteiger charge is -2.22. The second kappa shape index (κ2) is 10.5. The van der Waals surface area contributed by atoms with Crippen LogP contribution < -0.4 is 14.8 Å². The summed E-state index contributed by atoms with van der Waals surface area (Å²) in [6, 6.07) is 14.1. The third kappa shape index (κ3) is 5.43. The second-order valence-electron chi connectivity index (χ2n) is 7.05. The van der Waals surface area contributed by atoms with Crippen LogP contribution in [0.3, 0.4) is 0 Å². The number of nitrogens with one attached hydrogen (secondary N) is 2. The highest BCUT2D eigenvalue weighted by atomic mass is 16.5. The van der Waals surface area contributed by atoms with Gasteiger partial charge >= 0.3 is 0 Å². The molecule has 1 heterocycles. The van der Waals surface area contributed by atoms with Crippen molar-refractivity contribution in [2.75, 3.05) is 40.9 Å². The molecule has 0 spiro atoms. The molecule has 1 aromatic heterocycles. The molecule has 0 radical (unpaired) electrons. The van der Waals surface area contributed by atoms with Crippen LogP contribution in [-0.4, -0.2) is 61.7 Å². The van der Waals surface area contributed by atoms with Crippen molar-refractivity contribution in [1.82, 2.24) is 20.2 Å². The minimum atomic E-state index is 0.669. The van der Waals surface area contributed by atoms with Gasteiger partial charge in [-0.2, -0.15) is 0 Å². The third-order valence-corrected chi connectivity index (χ3v) is 4.93. The molecule has 0 saturated heterocycles. The Labute approximate surface area is 178 Å². The fourth-order valence-electron chi connectivity index (χ4n) is 3.30. The molecule has 0 bridgehead atoms. The number of rotatable bonds is 9. The van der Waals surface area contributed by atoms with Gasteiger partial charge in [0.25, 0.3) is 0 Å². The molecule has 0 atom stereocenters. The number of benzene rings is 2. The van der Waals surface area contributed by atoms with Gasteiger partial charge < -0.3 is 24.7 Å². The van der Waals surface area contributed by atoms with Crippen molar-refractivity contribution in [2.45, 2.75) is 19.8 Å². The molecule has 3 aromatic rings. The van der Waals surface area contributed by atoms with Crippen molar-refractivity contribution in [3.05, 3.63) is 53.9 Å². The lowest BCUT2D eigenvalue weighted by molar-refractivity contribution is 0.354. The molecular weight excluding hydrogens is 378 g/mol. The van der Waals surface area contributed by atoms with E-state index >= 15 is 0 Å². The van der Waals surface area contributed by atoms with E-state index in [1.54, 1.807) is 14.2 Å². The van der Waals surface area contributed by atoms with E-state index in [0.717, 1.165) is 60.2 Å². The van der Waals surface area contributed by atoms with E-state index in [1.165, 1.54) is 5.56 Å². The zero-order valence-electron chi connectivity index (χ0n) is 18.2. The summed E-state index contributed by atoms with van der Waals surface area (Å²) in [5, 5.41) is 3.37. The Morgan fingerprint density at radius 1 is 1.10 bits per heavy atom. The molecule has 7 nitrogen and oxygen atoms in total. The van der Waals surface area contributed by atoms with Gasteiger partial charge in [0, 0.05) is 33.1 Å². The molecule has 7 heteroatoms. The molecule has 160 valence electrons. The third-order valence-electron chi connectivity index (χ3n) is 4.93. The highest BCUT2D eigenvalue weighted by Crippen LogP contribution is 2.27. The number of para-hydroxylation sites is 2. The predicted molar refractivity (Wildman–Crippen MR) is 122 cm³/mol. The lowest BCUT2D eigenvalue weighted by Crippen LogP contribution is -2.40. The van der Waals surface area contributed by atoms with E-state index in [-0.39, 0.29) is 0 Å². The van der Waals surface area contributed by atoms with E-state index in [2.05, 4.69) is 40.2 Å². The minimum absolute atomic E-state index is 0.669. The van der Waals surface area contributed by atoms with Crippen LogP contribution in [0.25, 0.3) is 11.0 Å². The molecule has 2 aromatic carbocycles. The maximum absolute atomic E-state index is 5.40. The Morgan fingerprint density at radius 3 is 2.63 bits per heavy atom. The summed E-state index contributed by atoms with van der Waals surface area (Å²) in [6.45, 7) is 4.41. The quantitative estimate of drug-likeness (QED) is 0.419. The first kappa shape index (κ1) is 21.5. The average molecular weight is 410 g/mol. The van der Waals surface area contributed by atoms with E-state index in [9.17, 15) is 0 Å². The summed E-state index contributed by atoms with van der Waals surface area (Å²) in [6.07, 6.45) is 1.65. The number of nitrogens with zero attached hydrogens (tertiary/aromatic N) is 3. The number of imidazole rings is 1. The monoisotopic (exact) mass is 409 g/mol. The molecule has 30 heavy (non-hydrogen) atoms. The standard InChI is InChI=1S/C23H31N5O2/c1-5-24-23(25-14-12-22-26-18-8-6-7-9-19(18)27-22)28(2)15-13-17-10-11-20(29-3)21(16-17)30-4/h6-11,16H,5,12-15H2,1-4H3,(H,24,25)(H,26,27). The SMILES string of the molecule is CCNC(=NCCc1nc2ccccc2[nH]1)N(C)CCc1ccc(OC)c(OC)c1. The van der Waals surface area contributed by atoms with Gasteiger partial charge in [0.05, 0.1) is 25.3 Å². The fourth-order valence-corrected chi connectivity index (χ4v) is 3.30. The van der Waals surface area contributed by atoms with Crippen LogP contribution in [0, 0.1) is 0 Å². The van der Waals surface area contributed by atoms with Gasteiger partial charge in [-0.25, -0.2) is 4.98 Å². The fraction of sp³-hybridized carbons (Fsp3) is 0.391. The van der Waals surface area contributed by atoms with Crippen molar-refractivity contribution >= 4 is 17.0 Å².